The highest BCUT2D eigenvalue weighted by molar-refractivity contribution is 7.89. The lowest BCUT2D eigenvalue weighted by molar-refractivity contribution is -0.131. The van der Waals surface area contributed by atoms with E-state index < -0.39 is 10.0 Å². The zero-order chi connectivity index (χ0) is 19.4. The average Bonchev–Trinajstić information content (AvgIpc) is 2.67. The van der Waals surface area contributed by atoms with Gasteiger partial charge in [-0.2, -0.15) is 4.31 Å². The van der Waals surface area contributed by atoms with E-state index in [0.29, 0.717) is 49.6 Å². The van der Waals surface area contributed by atoms with Crippen molar-refractivity contribution >= 4 is 15.9 Å². The van der Waals surface area contributed by atoms with Gasteiger partial charge in [0.05, 0.1) is 11.4 Å². The summed E-state index contributed by atoms with van der Waals surface area (Å²) in [6, 6.07) is 7.34. The topological polar surface area (TPSA) is 69.7 Å². The number of aryl methyl sites for hydroxylation is 1. The largest absolute Gasteiger partial charge is 0.339 e. The van der Waals surface area contributed by atoms with Crippen LogP contribution in [0.4, 0.5) is 0 Å². The molecule has 2 aliphatic rings. The molecule has 0 bridgehead atoms. The summed E-state index contributed by atoms with van der Waals surface area (Å²) in [7, 11) is -3.48. The molecule has 150 valence electrons. The smallest absolute Gasteiger partial charge is 0.243 e. The Labute approximate surface area is 163 Å². The molecule has 3 rings (SSSR count). The lowest BCUT2D eigenvalue weighted by atomic mass is 9.86. The van der Waals surface area contributed by atoms with Crippen LogP contribution in [0, 0.1) is 12.8 Å². The maximum absolute atomic E-state index is 12.8. The van der Waals surface area contributed by atoms with Gasteiger partial charge in [-0.1, -0.05) is 37.5 Å². The normalized spacial score (nSPS) is 24.7. The molecule has 2 atom stereocenters. The van der Waals surface area contributed by atoms with Gasteiger partial charge >= 0.3 is 0 Å². The number of sulfonamides is 1. The minimum absolute atomic E-state index is 0.0696. The zero-order valence-electron chi connectivity index (χ0n) is 16.4. The number of hydrogen-bond donors (Lipinski definition) is 1. The van der Waals surface area contributed by atoms with Crippen LogP contribution >= 0.6 is 0 Å². The second-order valence-electron chi connectivity index (χ2n) is 7.85. The highest BCUT2D eigenvalue weighted by atomic mass is 32.2. The Morgan fingerprint density at radius 3 is 2.33 bits per heavy atom. The molecule has 1 aromatic carbocycles. The molecule has 0 radical (unpaired) electrons. The zero-order valence-corrected chi connectivity index (χ0v) is 17.2. The summed E-state index contributed by atoms with van der Waals surface area (Å²) in [5, 5.41) is 3.42. The molecule has 1 saturated heterocycles. The number of carbonyl (C=O) groups is 1. The highest BCUT2D eigenvalue weighted by Gasteiger charge is 2.30. The molecule has 27 heavy (non-hydrogen) atoms. The summed E-state index contributed by atoms with van der Waals surface area (Å²) in [5.41, 5.74) is 1.03. The van der Waals surface area contributed by atoms with Crippen LogP contribution in [-0.4, -0.2) is 62.3 Å². The molecule has 2 unspecified atom stereocenters. The quantitative estimate of drug-likeness (QED) is 0.831. The van der Waals surface area contributed by atoms with Crippen LogP contribution in [0.15, 0.2) is 29.2 Å². The van der Waals surface area contributed by atoms with Gasteiger partial charge < -0.3 is 10.2 Å². The van der Waals surface area contributed by atoms with Crippen LogP contribution in [0.5, 0.6) is 0 Å². The number of hydrogen-bond acceptors (Lipinski definition) is 4. The molecule has 1 aliphatic heterocycles. The first-order chi connectivity index (χ1) is 12.9. The molecule has 1 aromatic rings. The van der Waals surface area contributed by atoms with Gasteiger partial charge in [-0.3, -0.25) is 4.79 Å². The first kappa shape index (κ1) is 20.3. The second-order valence-corrected chi connectivity index (χ2v) is 9.78. The van der Waals surface area contributed by atoms with Crippen molar-refractivity contribution in [3.8, 4) is 0 Å². The second kappa shape index (κ2) is 8.71. The monoisotopic (exact) mass is 393 g/mol. The van der Waals surface area contributed by atoms with Crippen molar-refractivity contribution < 1.29 is 13.2 Å². The third-order valence-electron chi connectivity index (χ3n) is 5.88. The molecular weight excluding hydrogens is 362 g/mol. The number of piperazine rings is 1. The number of amides is 1. The molecule has 6 nitrogen and oxygen atoms in total. The predicted octanol–water partition coefficient (Wildman–Crippen LogP) is 2.00. The molecule has 1 aliphatic carbocycles. The summed E-state index contributed by atoms with van der Waals surface area (Å²) in [4.78, 5) is 14.6. The van der Waals surface area contributed by atoms with Crippen molar-refractivity contribution in [1.82, 2.24) is 14.5 Å². The molecule has 7 heteroatoms. The molecular formula is C20H31N3O3S. The summed E-state index contributed by atoms with van der Waals surface area (Å²) in [5.74, 6) is 0.684. The Kier molecular flexibility index (Phi) is 6.55. The van der Waals surface area contributed by atoms with Gasteiger partial charge in [0.25, 0.3) is 0 Å². The van der Waals surface area contributed by atoms with E-state index in [0.717, 1.165) is 12.0 Å². The van der Waals surface area contributed by atoms with E-state index >= 15 is 0 Å². The van der Waals surface area contributed by atoms with Gasteiger partial charge in [0.2, 0.25) is 15.9 Å². The van der Waals surface area contributed by atoms with Gasteiger partial charge in [-0.25, -0.2) is 8.42 Å². The Morgan fingerprint density at radius 2 is 1.70 bits per heavy atom. The summed E-state index contributed by atoms with van der Waals surface area (Å²) in [6.45, 7) is 6.12. The van der Waals surface area contributed by atoms with E-state index in [1.54, 1.807) is 17.0 Å². The SMILES string of the molecule is Cc1ccc(S(=O)(=O)N2CCN(C(=O)CNC3CCCCC3C)CC2)cc1. The molecule has 1 saturated carbocycles. The summed E-state index contributed by atoms with van der Waals surface area (Å²) >= 11 is 0. The Morgan fingerprint density at radius 1 is 1.07 bits per heavy atom. The van der Waals surface area contributed by atoms with Crippen LogP contribution < -0.4 is 5.32 Å². The Balaban J connectivity index is 1.50. The lowest BCUT2D eigenvalue weighted by Crippen LogP contribution is -2.53. The molecule has 1 amide bonds. The van der Waals surface area contributed by atoms with Crippen LogP contribution in [0.1, 0.15) is 38.2 Å². The van der Waals surface area contributed by atoms with Crippen molar-refractivity contribution in [1.29, 1.82) is 0 Å². The highest BCUT2D eigenvalue weighted by Crippen LogP contribution is 2.23. The average molecular weight is 394 g/mol. The number of rotatable bonds is 5. The third-order valence-corrected chi connectivity index (χ3v) is 7.79. The number of benzene rings is 1. The minimum Gasteiger partial charge on any atom is -0.339 e. The van der Waals surface area contributed by atoms with Crippen LogP contribution in [-0.2, 0) is 14.8 Å². The summed E-state index contributed by atoms with van der Waals surface area (Å²) in [6.07, 6.45) is 4.87. The summed E-state index contributed by atoms with van der Waals surface area (Å²) < 4.78 is 27.0. The van der Waals surface area contributed by atoms with Crippen LogP contribution in [0.25, 0.3) is 0 Å². The van der Waals surface area contributed by atoms with E-state index in [2.05, 4.69) is 12.2 Å². The number of carbonyl (C=O) groups excluding carboxylic acids is 1. The van der Waals surface area contributed by atoms with E-state index in [4.69, 9.17) is 0 Å². The Bertz CT molecular complexity index is 740. The van der Waals surface area contributed by atoms with Crippen LogP contribution in [0.3, 0.4) is 0 Å². The third kappa shape index (κ3) is 4.89. The molecule has 0 aromatic heterocycles. The Hall–Kier alpha value is -1.44. The van der Waals surface area contributed by atoms with Crippen molar-refractivity contribution in [2.24, 2.45) is 5.92 Å². The first-order valence-corrected chi connectivity index (χ1v) is 11.4. The molecule has 1 N–H and O–H groups in total. The van der Waals surface area contributed by atoms with E-state index in [9.17, 15) is 13.2 Å². The number of nitrogens with one attached hydrogen (secondary N) is 1. The van der Waals surface area contributed by atoms with Gasteiger partial charge in [0.1, 0.15) is 0 Å². The van der Waals surface area contributed by atoms with Crippen molar-refractivity contribution in [3.05, 3.63) is 29.8 Å². The standard InChI is InChI=1S/C20H31N3O3S/c1-16-7-9-18(10-8-16)27(25,26)23-13-11-22(12-14-23)20(24)15-21-19-6-4-3-5-17(19)2/h7-10,17,19,21H,3-6,11-15H2,1-2H3. The molecule has 0 spiro atoms. The van der Waals surface area contributed by atoms with Gasteiger partial charge in [0, 0.05) is 32.2 Å². The van der Waals surface area contributed by atoms with Gasteiger partial charge in [-0.15, -0.1) is 0 Å². The van der Waals surface area contributed by atoms with E-state index in [1.165, 1.54) is 23.6 Å². The van der Waals surface area contributed by atoms with Crippen molar-refractivity contribution in [2.75, 3.05) is 32.7 Å². The van der Waals surface area contributed by atoms with Gasteiger partial charge in [0.15, 0.2) is 0 Å². The van der Waals surface area contributed by atoms with E-state index in [1.807, 2.05) is 19.1 Å². The maximum Gasteiger partial charge on any atom is 0.243 e. The minimum atomic E-state index is -3.48. The molecule has 1 heterocycles. The fraction of sp³-hybridized carbons (Fsp3) is 0.650. The van der Waals surface area contributed by atoms with Gasteiger partial charge in [-0.05, 0) is 37.8 Å². The lowest BCUT2D eigenvalue weighted by Gasteiger charge is -2.35. The predicted molar refractivity (Wildman–Crippen MR) is 106 cm³/mol. The molecule has 2 fully saturated rings. The fourth-order valence-electron chi connectivity index (χ4n) is 3.99. The van der Waals surface area contributed by atoms with Crippen molar-refractivity contribution in [3.63, 3.8) is 0 Å². The van der Waals surface area contributed by atoms with Crippen molar-refractivity contribution in [2.45, 2.75) is 50.5 Å². The van der Waals surface area contributed by atoms with E-state index in [-0.39, 0.29) is 5.91 Å². The first-order valence-electron chi connectivity index (χ1n) is 9.96. The number of nitrogens with zero attached hydrogens (tertiary/aromatic N) is 2. The maximum atomic E-state index is 12.8. The fourth-order valence-corrected chi connectivity index (χ4v) is 5.41. The van der Waals surface area contributed by atoms with Crippen LogP contribution in [0.2, 0.25) is 0 Å².